The number of hydrogen-bond acceptors (Lipinski definition) is 2. The molecule has 0 aliphatic heterocycles. The van der Waals surface area contributed by atoms with Crippen molar-refractivity contribution >= 4 is 5.97 Å². The zero-order chi connectivity index (χ0) is 12.0. The second-order valence-electron chi connectivity index (χ2n) is 3.99. The quantitative estimate of drug-likeness (QED) is 0.736. The molecule has 1 aromatic rings. The fraction of sp³-hybridized carbons (Fsp3) is 0.636. The lowest BCUT2D eigenvalue weighted by atomic mass is 10.2. The fourth-order valence-electron chi connectivity index (χ4n) is 1.27. The van der Waals surface area contributed by atoms with Crippen molar-refractivity contribution in [1.82, 2.24) is 4.98 Å². The first-order chi connectivity index (χ1) is 6.86. The molecule has 0 unspecified atom stereocenters. The van der Waals surface area contributed by atoms with Gasteiger partial charge in [-0.05, 0) is 20.8 Å². The minimum atomic E-state index is -1.08. The highest BCUT2D eigenvalue weighted by molar-refractivity contribution is 5.60. The SMILES string of the molecule is CC(=O)[O-].CC(C)c1[nH]cc[n+]1C(C)C. The average molecular weight is 212 g/mol. The number of carbonyl (C=O) groups is 1. The Labute approximate surface area is 91.0 Å². The molecule has 4 heteroatoms. The van der Waals surface area contributed by atoms with Crippen LogP contribution in [0, 0.1) is 0 Å². The van der Waals surface area contributed by atoms with Crippen LogP contribution in [0.5, 0.6) is 0 Å². The number of nitrogens with one attached hydrogen (secondary N) is 1. The predicted molar refractivity (Wildman–Crippen MR) is 56.1 cm³/mol. The molecular formula is C11H20N2O2. The van der Waals surface area contributed by atoms with Gasteiger partial charge in [-0.1, -0.05) is 13.8 Å². The molecule has 1 N–H and O–H groups in total. The Balaban J connectivity index is 0.000000423. The van der Waals surface area contributed by atoms with Crippen LogP contribution in [0.1, 0.15) is 52.4 Å². The predicted octanol–water partition coefficient (Wildman–Crippen LogP) is 0.763. The number of aromatic nitrogens is 2. The third-order valence-electron chi connectivity index (χ3n) is 1.85. The number of rotatable bonds is 2. The molecule has 0 amide bonds. The molecule has 1 aromatic heterocycles. The van der Waals surface area contributed by atoms with Crippen molar-refractivity contribution in [1.29, 1.82) is 0 Å². The van der Waals surface area contributed by atoms with E-state index in [0.29, 0.717) is 12.0 Å². The zero-order valence-corrected chi connectivity index (χ0v) is 10.1. The number of nitrogens with zero attached hydrogens (tertiary/aromatic N) is 1. The van der Waals surface area contributed by atoms with Crippen molar-refractivity contribution < 1.29 is 14.5 Å². The minimum Gasteiger partial charge on any atom is -0.550 e. The van der Waals surface area contributed by atoms with E-state index < -0.39 is 5.97 Å². The van der Waals surface area contributed by atoms with Crippen molar-refractivity contribution in [2.24, 2.45) is 0 Å². The van der Waals surface area contributed by atoms with Gasteiger partial charge in [0.1, 0.15) is 12.4 Å². The van der Waals surface area contributed by atoms with Crippen molar-refractivity contribution in [3.8, 4) is 0 Å². The molecule has 0 saturated heterocycles. The summed E-state index contributed by atoms with van der Waals surface area (Å²) in [4.78, 5) is 12.1. The van der Waals surface area contributed by atoms with E-state index >= 15 is 0 Å². The Kier molecular flexibility index (Phi) is 5.67. The number of carboxylic acids is 1. The van der Waals surface area contributed by atoms with Gasteiger partial charge in [0.25, 0.3) is 5.82 Å². The first-order valence-electron chi connectivity index (χ1n) is 5.12. The highest BCUT2D eigenvalue weighted by atomic mass is 16.4. The lowest BCUT2D eigenvalue weighted by Gasteiger charge is -2.05. The van der Waals surface area contributed by atoms with E-state index in [4.69, 9.17) is 9.90 Å². The molecule has 1 rings (SSSR count). The van der Waals surface area contributed by atoms with E-state index in [2.05, 4.69) is 43.4 Å². The minimum absolute atomic E-state index is 0.554. The highest BCUT2D eigenvalue weighted by Gasteiger charge is 2.15. The number of carboxylic acid groups (broad SMARTS) is 1. The van der Waals surface area contributed by atoms with Gasteiger partial charge in [0, 0.05) is 5.97 Å². The van der Waals surface area contributed by atoms with Crippen molar-refractivity contribution in [3.63, 3.8) is 0 Å². The van der Waals surface area contributed by atoms with Crippen LogP contribution < -0.4 is 9.67 Å². The lowest BCUT2D eigenvalue weighted by molar-refractivity contribution is -0.722. The Hall–Kier alpha value is -1.32. The Bertz CT molecular complexity index is 277. The molecule has 0 radical (unpaired) electrons. The summed E-state index contributed by atoms with van der Waals surface area (Å²) in [5.74, 6) is 0.799. The number of aromatic amines is 1. The molecule has 0 saturated carbocycles. The van der Waals surface area contributed by atoms with Gasteiger partial charge < -0.3 is 9.90 Å². The monoisotopic (exact) mass is 212 g/mol. The molecule has 4 nitrogen and oxygen atoms in total. The topological polar surface area (TPSA) is 59.8 Å². The molecule has 15 heavy (non-hydrogen) atoms. The number of hydrogen-bond donors (Lipinski definition) is 1. The van der Waals surface area contributed by atoms with Gasteiger partial charge in [0.15, 0.2) is 0 Å². The molecule has 0 aromatic carbocycles. The maximum atomic E-state index is 8.89. The Morgan fingerprint density at radius 3 is 2.13 bits per heavy atom. The van der Waals surface area contributed by atoms with Gasteiger partial charge in [0.05, 0.1) is 12.0 Å². The first-order valence-corrected chi connectivity index (χ1v) is 5.12. The van der Waals surface area contributed by atoms with Crippen LogP contribution in [0.2, 0.25) is 0 Å². The molecule has 86 valence electrons. The van der Waals surface area contributed by atoms with E-state index in [-0.39, 0.29) is 0 Å². The van der Waals surface area contributed by atoms with E-state index in [1.807, 2.05) is 6.20 Å². The van der Waals surface area contributed by atoms with E-state index in [0.717, 1.165) is 6.92 Å². The van der Waals surface area contributed by atoms with E-state index in [1.54, 1.807) is 0 Å². The van der Waals surface area contributed by atoms with Crippen LogP contribution in [-0.4, -0.2) is 11.0 Å². The average Bonchev–Trinajstić information content (AvgIpc) is 2.49. The summed E-state index contributed by atoms with van der Waals surface area (Å²) < 4.78 is 2.27. The second kappa shape index (κ2) is 6.22. The van der Waals surface area contributed by atoms with Crippen LogP contribution in [0.4, 0.5) is 0 Å². The largest absolute Gasteiger partial charge is 0.550 e. The van der Waals surface area contributed by atoms with E-state index in [1.165, 1.54) is 5.82 Å². The fourth-order valence-corrected chi connectivity index (χ4v) is 1.27. The number of imidazole rings is 1. The van der Waals surface area contributed by atoms with Gasteiger partial charge in [0.2, 0.25) is 0 Å². The van der Waals surface area contributed by atoms with Gasteiger partial charge >= 0.3 is 0 Å². The molecule has 0 bridgehead atoms. The van der Waals surface area contributed by atoms with Gasteiger partial charge in [-0.25, -0.2) is 9.55 Å². The van der Waals surface area contributed by atoms with Gasteiger partial charge in [-0.2, -0.15) is 0 Å². The summed E-state index contributed by atoms with van der Waals surface area (Å²) in [7, 11) is 0. The summed E-state index contributed by atoms with van der Waals surface area (Å²) in [6.45, 7) is 9.76. The molecule has 1 heterocycles. The summed E-state index contributed by atoms with van der Waals surface area (Å²) >= 11 is 0. The third-order valence-corrected chi connectivity index (χ3v) is 1.85. The van der Waals surface area contributed by atoms with Crippen LogP contribution in [0.25, 0.3) is 0 Å². The summed E-state index contributed by atoms with van der Waals surface area (Å²) in [6.07, 6.45) is 4.09. The molecule has 0 atom stereocenters. The van der Waals surface area contributed by atoms with Crippen molar-refractivity contribution in [2.45, 2.75) is 46.6 Å². The Morgan fingerprint density at radius 2 is 1.87 bits per heavy atom. The standard InChI is InChI=1S/C9H16N2.C2H4O2/c1-7(2)9-10-5-6-11(9)8(3)4;1-2(3)4/h5-8H,1-4H3;1H3,(H,3,4). The third kappa shape index (κ3) is 5.20. The van der Waals surface area contributed by atoms with Crippen molar-refractivity contribution in [3.05, 3.63) is 18.2 Å². The number of aliphatic carboxylic acids is 1. The number of H-pyrrole nitrogens is 1. The molecule has 0 fully saturated rings. The van der Waals surface area contributed by atoms with Crippen LogP contribution in [-0.2, 0) is 4.79 Å². The van der Waals surface area contributed by atoms with Crippen molar-refractivity contribution in [2.75, 3.05) is 0 Å². The Morgan fingerprint density at radius 1 is 1.40 bits per heavy atom. The molecule has 0 aliphatic rings. The summed E-state index contributed by atoms with van der Waals surface area (Å²) in [6, 6.07) is 0.554. The van der Waals surface area contributed by atoms with Gasteiger partial charge in [-0.15, -0.1) is 0 Å². The second-order valence-corrected chi connectivity index (χ2v) is 3.99. The molecule has 0 spiro atoms. The molecule has 0 aliphatic carbocycles. The first kappa shape index (κ1) is 13.7. The van der Waals surface area contributed by atoms with Crippen LogP contribution in [0.3, 0.4) is 0 Å². The zero-order valence-electron chi connectivity index (χ0n) is 10.1. The van der Waals surface area contributed by atoms with Crippen LogP contribution >= 0.6 is 0 Å². The van der Waals surface area contributed by atoms with Gasteiger partial charge in [-0.3, -0.25) is 0 Å². The summed E-state index contributed by atoms with van der Waals surface area (Å²) in [5, 5.41) is 8.89. The molecular weight excluding hydrogens is 192 g/mol. The lowest BCUT2D eigenvalue weighted by Crippen LogP contribution is -2.38. The van der Waals surface area contributed by atoms with E-state index in [9.17, 15) is 0 Å². The highest BCUT2D eigenvalue weighted by Crippen LogP contribution is 2.07. The normalized spacial score (nSPS) is 10.1. The smallest absolute Gasteiger partial charge is 0.256 e. The van der Waals surface area contributed by atoms with Crippen LogP contribution in [0.15, 0.2) is 12.4 Å². The number of carbonyl (C=O) groups excluding carboxylic acids is 1. The maximum absolute atomic E-state index is 8.89. The summed E-state index contributed by atoms with van der Waals surface area (Å²) in [5.41, 5.74) is 0. The maximum Gasteiger partial charge on any atom is 0.256 e.